The number of nitrogens with two attached hydrogens (primary N) is 1. The number of primary sulfonamides is 1. The molecule has 5 heteroatoms. The lowest BCUT2D eigenvalue weighted by Crippen LogP contribution is -2.13. The number of hydrogen-bond acceptors (Lipinski definition) is 3. The van der Waals surface area contributed by atoms with E-state index in [9.17, 15) is 8.42 Å². The van der Waals surface area contributed by atoms with Crippen molar-refractivity contribution in [3.8, 4) is 5.75 Å². The van der Waals surface area contributed by atoms with Crippen molar-refractivity contribution in [3.63, 3.8) is 0 Å². The molecule has 0 amide bonds. The molecule has 4 nitrogen and oxygen atoms in total. The maximum absolute atomic E-state index is 11.4. The molecule has 0 aromatic heterocycles. The highest BCUT2D eigenvalue weighted by Crippen LogP contribution is 2.27. The van der Waals surface area contributed by atoms with Gasteiger partial charge in [0.2, 0.25) is 10.0 Å². The Labute approximate surface area is 119 Å². The Hall–Kier alpha value is -1.85. The lowest BCUT2D eigenvalue weighted by molar-refractivity contribution is 0.301. The third-order valence-corrected chi connectivity index (χ3v) is 3.88. The smallest absolute Gasteiger partial charge is 0.238 e. The Kier molecular flexibility index (Phi) is 4.11. The summed E-state index contributed by atoms with van der Waals surface area (Å²) in [5.74, 6) is 0.696. The van der Waals surface area contributed by atoms with E-state index in [-0.39, 0.29) is 4.90 Å². The summed E-state index contributed by atoms with van der Waals surface area (Å²) >= 11 is 0. The van der Waals surface area contributed by atoms with Gasteiger partial charge in [-0.05, 0) is 42.7 Å². The fourth-order valence-electron chi connectivity index (χ4n) is 2.03. The van der Waals surface area contributed by atoms with Crippen LogP contribution in [0.2, 0.25) is 0 Å². The molecule has 0 saturated heterocycles. The molecular weight excluding hydrogens is 274 g/mol. The number of rotatable bonds is 4. The van der Waals surface area contributed by atoms with Gasteiger partial charge in [-0.25, -0.2) is 13.6 Å². The highest BCUT2D eigenvalue weighted by molar-refractivity contribution is 7.89. The summed E-state index contributed by atoms with van der Waals surface area (Å²) in [5, 5.41) is 5.14. The van der Waals surface area contributed by atoms with E-state index in [1.54, 1.807) is 0 Å². The molecule has 2 rings (SSSR count). The molecule has 0 unspecified atom stereocenters. The predicted molar refractivity (Wildman–Crippen MR) is 78.1 cm³/mol. The molecule has 0 radical (unpaired) electrons. The van der Waals surface area contributed by atoms with Crippen molar-refractivity contribution in [2.75, 3.05) is 0 Å². The summed E-state index contributed by atoms with van der Waals surface area (Å²) in [6.45, 7) is 4.06. The summed E-state index contributed by atoms with van der Waals surface area (Å²) in [6, 6.07) is 12.9. The van der Waals surface area contributed by atoms with Crippen LogP contribution in [0.4, 0.5) is 0 Å². The van der Waals surface area contributed by atoms with Crippen molar-refractivity contribution < 1.29 is 13.2 Å². The highest BCUT2D eigenvalue weighted by atomic mass is 32.2. The Morgan fingerprint density at radius 1 is 1.05 bits per heavy atom. The number of aryl methyl sites for hydroxylation is 2. The lowest BCUT2D eigenvalue weighted by Gasteiger charge is -2.13. The monoisotopic (exact) mass is 291 g/mol. The summed E-state index contributed by atoms with van der Waals surface area (Å²) in [7, 11) is -3.69. The van der Waals surface area contributed by atoms with Crippen LogP contribution in [0.1, 0.15) is 16.7 Å². The molecule has 0 spiro atoms. The number of benzene rings is 2. The standard InChI is InChI=1S/C15H17NO3S/c1-11-8-14(20(16,17)18)9-12(2)15(11)19-10-13-6-4-3-5-7-13/h3-9H,10H2,1-2H3,(H2,16,17,18). The average molecular weight is 291 g/mol. The first-order chi connectivity index (χ1) is 9.38. The van der Waals surface area contributed by atoms with E-state index >= 15 is 0 Å². The molecule has 2 aromatic rings. The Balaban J connectivity index is 2.25. The van der Waals surface area contributed by atoms with Crippen LogP contribution in [0, 0.1) is 13.8 Å². The fourth-order valence-corrected chi connectivity index (χ4v) is 2.71. The first-order valence-electron chi connectivity index (χ1n) is 6.18. The Morgan fingerprint density at radius 2 is 1.60 bits per heavy atom. The summed E-state index contributed by atoms with van der Waals surface area (Å²) in [5.41, 5.74) is 2.57. The third kappa shape index (κ3) is 3.37. The molecule has 0 saturated carbocycles. The van der Waals surface area contributed by atoms with Crippen LogP contribution in [-0.4, -0.2) is 8.42 Å². The second kappa shape index (κ2) is 5.64. The molecule has 2 aromatic carbocycles. The predicted octanol–water partition coefficient (Wildman–Crippen LogP) is 2.53. The van der Waals surface area contributed by atoms with Crippen molar-refractivity contribution in [3.05, 3.63) is 59.2 Å². The third-order valence-electron chi connectivity index (χ3n) is 2.99. The van der Waals surface area contributed by atoms with Crippen molar-refractivity contribution >= 4 is 10.0 Å². The van der Waals surface area contributed by atoms with Crippen LogP contribution in [0.25, 0.3) is 0 Å². The van der Waals surface area contributed by atoms with Crippen molar-refractivity contribution in [2.24, 2.45) is 5.14 Å². The zero-order valence-electron chi connectivity index (χ0n) is 11.5. The quantitative estimate of drug-likeness (QED) is 0.941. The second-order valence-corrected chi connectivity index (χ2v) is 6.27. The minimum Gasteiger partial charge on any atom is -0.488 e. The van der Waals surface area contributed by atoms with Gasteiger partial charge in [0.15, 0.2) is 0 Å². The molecule has 0 bridgehead atoms. The van der Waals surface area contributed by atoms with Gasteiger partial charge in [-0.1, -0.05) is 30.3 Å². The Morgan fingerprint density at radius 3 is 2.10 bits per heavy atom. The van der Waals surface area contributed by atoms with Gasteiger partial charge < -0.3 is 4.74 Å². The molecular formula is C15H17NO3S. The van der Waals surface area contributed by atoms with Crippen LogP contribution >= 0.6 is 0 Å². The molecule has 106 valence electrons. The number of sulfonamides is 1. The van der Waals surface area contributed by atoms with Crippen molar-refractivity contribution in [1.82, 2.24) is 0 Å². The van der Waals surface area contributed by atoms with E-state index < -0.39 is 10.0 Å². The SMILES string of the molecule is Cc1cc(S(N)(=O)=O)cc(C)c1OCc1ccccc1. The Bertz CT molecular complexity index is 686. The van der Waals surface area contributed by atoms with Gasteiger partial charge >= 0.3 is 0 Å². The minimum absolute atomic E-state index is 0.111. The van der Waals surface area contributed by atoms with Gasteiger partial charge in [0.25, 0.3) is 0 Å². The molecule has 2 N–H and O–H groups in total. The zero-order valence-corrected chi connectivity index (χ0v) is 12.3. The first kappa shape index (κ1) is 14.6. The van der Waals surface area contributed by atoms with E-state index in [4.69, 9.17) is 9.88 Å². The van der Waals surface area contributed by atoms with Crippen molar-refractivity contribution in [1.29, 1.82) is 0 Å². The van der Waals surface area contributed by atoms with E-state index in [0.717, 1.165) is 16.7 Å². The zero-order chi connectivity index (χ0) is 14.8. The van der Waals surface area contributed by atoms with Crippen LogP contribution in [0.15, 0.2) is 47.4 Å². The molecule has 0 aliphatic carbocycles. The largest absolute Gasteiger partial charge is 0.488 e. The fraction of sp³-hybridized carbons (Fsp3) is 0.200. The molecule has 0 aliphatic heterocycles. The molecule has 0 heterocycles. The summed E-state index contributed by atoms with van der Waals surface area (Å²) in [6.07, 6.45) is 0. The maximum atomic E-state index is 11.4. The van der Waals surface area contributed by atoms with Gasteiger partial charge in [0, 0.05) is 0 Å². The van der Waals surface area contributed by atoms with Crippen LogP contribution in [-0.2, 0) is 16.6 Å². The number of ether oxygens (including phenoxy) is 1. The van der Waals surface area contributed by atoms with Gasteiger partial charge in [-0.3, -0.25) is 0 Å². The van der Waals surface area contributed by atoms with E-state index in [0.29, 0.717) is 12.4 Å². The van der Waals surface area contributed by atoms with Gasteiger partial charge in [0.1, 0.15) is 12.4 Å². The number of hydrogen-bond donors (Lipinski definition) is 1. The first-order valence-corrected chi connectivity index (χ1v) is 7.73. The maximum Gasteiger partial charge on any atom is 0.238 e. The van der Waals surface area contributed by atoms with Crippen molar-refractivity contribution in [2.45, 2.75) is 25.3 Å². The van der Waals surface area contributed by atoms with E-state index in [2.05, 4.69) is 0 Å². The van der Waals surface area contributed by atoms with Gasteiger partial charge in [-0.2, -0.15) is 0 Å². The molecule has 0 aliphatic rings. The molecule has 20 heavy (non-hydrogen) atoms. The molecule has 0 atom stereocenters. The highest BCUT2D eigenvalue weighted by Gasteiger charge is 2.13. The topological polar surface area (TPSA) is 69.4 Å². The lowest BCUT2D eigenvalue weighted by atomic mass is 10.1. The second-order valence-electron chi connectivity index (χ2n) is 4.71. The molecule has 0 fully saturated rings. The minimum atomic E-state index is -3.69. The van der Waals surface area contributed by atoms with E-state index in [1.807, 2.05) is 44.2 Å². The van der Waals surface area contributed by atoms with Crippen LogP contribution in [0.3, 0.4) is 0 Å². The van der Waals surface area contributed by atoms with Gasteiger partial charge in [0.05, 0.1) is 4.90 Å². The van der Waals surface area contributed by atoms with Gasteiger partial charge in [-0.15, -0.1) is 0 Å². The average Bonchev–Trinajstić information content (AvgIpc) is 2.37. The summed E-state index contributed by atoms with van der Waals surface area (Å²) < 4.78 is 28.5. The summed E-state index contributed by atoms with van der Waals surface area (Å²) in [4.78, 5) is 0.111. The van der Waals surface area contributed by atoms with E-state index in [1.165, 1.54) is 12.1 Å². The van der Waals surface area contributed by atoms with Crippen LogP contribution in [0.5, 0.6) is 5.75 Å². The van der Waals surface area contributed by atoms with Crippen LogP contribution < -0.4 is 9.88 Å². The normalized spacial score (nSPS) is 11.3.